The molecule has 0 radical (unpaired) electrons. The van der Waals surface area contributed by atoms with E-state index in [4.69, 9.17) is 21.1 Å². The molecule has 1 aliphatic rings. The van der Waals surface area contributed by atoms with Crippen LogP contribution >= 0.6 is 11.6 Å². The monoisotopic (exact) mass is 585 g/mol. The summed E-state index contributed by atoms with van der Waals surface area (Å²) in [6.07, 6.45) is 0. The summed E-state index contributed by atoms with van der Waals surface area (Å²) in [5.74, 6) is -0.388. The number of hydrogen-bond acceptors (Lipinski definition) is 6. The maximum absolute atomic E-state index is 13.3. The zero-order chi connectivity index (χ0) is 28.5. The van der Waals surface area contributed by atoms with E-state index < -0.39 is 22.0 Å². The van der Waals surface area contributed by atoms with Gasteiger partial charge in [-0.25, -0.2) is 8.42 Å². The van der Waals surface area contributed by atoms with Crippen molar-refractivity contribution in [3.05, 3.63) is 95.0 Å². The van der Waals surface area contributed by atoms with Crippen molar-refractivity contribution in [3.63, 3.8) is 0 Å². The lowest BCUT2D eigenvalue weighted by Crippen LogP contribution is -2.48. The van der Waals surface area contributed by atoms with Gasteiger partial charge in [0.25, 0.3) is 5.91 Å². The van der Waals surface area contributed by atoms with Crippen LogP contribution in [0.5, 0.6) is 5.75 Å². The van der Waals surface area contributed by atoms with Gasteiger partial charge in [-0.1, -0.05) is 60.1 Å². The first kappa shape index (κ1) is 29.5. The van der Waals surface area contributed by atoms with Gasteiger partial charge in [-0.2, -0.15) is 4.31 Å². The van der Waals surface area contributed by atoms with Gasteiger partial charge in [-0.05, 0) is 48.4 Å². The van der Waals surface area contributed by atoms with Crippen molar-refractivity contribution in [3.8, 4) is 5.75 Å². The number of amides is 2. The van der Waals surface area contributed by atoms with Crippen LogP contribution in [0, 0.1) is 0 Å². The summed E-state index contributed by atoms with van der Waals surface area (Å²) in [5, 5.41) is 3.40. The van der Waals surface area contributed by atoms with Crippen LogP contribution in [0.4, 0.5) is 0 Å². The van der Waals surface area contributed by atoms with Crippen LogP contribution in [0.25, 0.3) is 0 Å². The quantitative estimate of drug-likeness (QED) is 0.369. The van der Waals surface area contributed by atoms with E-state index in [9.17, 15) is 18.0 Å². The Bertz CT molecular complexity index is 1400. The third-order valence-electron chi connectivity index (χ3n) is 6.57. The zero-order valence-corrected chi connectivity index (χ0v) is 23.7. The number of carbonyl (C=O) groups is 2. The van der Waals surface area contributed by atoms with Crippen LogP contribution in [-0.4, -0.2) is 68.4 Å². The number of rotatable bonds is 11. The molecular weight excluding hydrogens is 554 g/mol. The average Bonchev–Trinajstić information content (AvgIpc) is 2.99. The summed E-state index contributed by atoms with van der Waals surface area (Å²) in [5.41, 5.74) is 1.63. The van der Waals surface area contributed by atoms with Gasteiger partial charge in [0.1, 0.15) is 11.8 Å². The maximum atomic E-state index is 13.3. The molecule has 0 aliphatic carbocycles. The summed E-state index contributed by atoms with van der Waals surface area (Å²) < 4.78 is 38.0. The Hall–Kier alpha value is -3.44. The Balaban J connectivity index is 1.41. The SMILES string of the molecule is C[C@H](C(=O)NCc1ccccc1Cl)N(Cc1ccccc1)C(=O)COc1ccc(S(=O)(=O)N2CCOCC2)cc1. The summed E-state index contributed by atoms with van der Waals surface area (Å²) in [6.45, 7) is 3.09. The minimum atomic E-state index is -3.64. The number of hydrogen-bond donors (Lipinski definition) is 1. The van der Waals surface area contributed by atoms with Crippen LogP contribution in [0.1, 0.15) is 18.1 Å². The molecule has 11 heteroatoms. The van der Waals surface area contributed by atoms with Gasteiger partial charge in [-0.15, -0.1) is 0 Å². The standard InChI is InChI=1S/C29H32ClN3O6S/c1-22(29(35)31-19-24-9-5-6-10-27(24)30)33(20-23-7-3-2-4-8-23)28(34)21-39-25-11-13-26(14-12-25)40(36,37)32-15-17-38-18-16-32/h2-14,22H,15-21H2,1H3,(H,31,35)/t22-/m1/s1. The molecule has 0 aromatic heterocycles. The molecule has 40 heavy (non-hydrogen) atoms. The van der Waals surface area contributed by atoms with Gasteiger partial charge in [-0.3, -0.25) is 9.59 Å². The minimum Gasteiger partial charge on any atom is -0.484 e. The van der Waals surface area contributed by atoms with Gasteiger partial charge in [0.05, 0.1) is 18.1 Å². The molecule has 1 N–H and O–H groups in total. The van der Waals surface area contributed by atoms with Crippen LogP contribution in [0.2, 0.25) is 5.02 Å². The van der Waals surface area contributed by atoms with Crippen LogP contribution in [0.3, 0.4) is 0 Å². The predicted octanol–water partition coefficient (Wildman–Crippen LogP) is 3.47. The highest BCUT2D eigenvalue weighted by Gasteiger charge is 2.28. The third-order valence-corrected chi connectivity index (χ3v) is 8.85. The number of sulfonamides is 1. The fourth-order valence-corrected chi connectivity index (χ4v) is 5.82. The molecule has 1 fully saturated rings. The molecule has 1 aliphatic heterocycles. The van der Waals surface area contributed by atoms with Crippen molar-refractivity contribution < 1.29 is 27.5 Å². The lowest BCUT2D eigenvalue weighted by molar-refractivity contribution is -0.142. The van der Waals surface area contributed by atoms with Crippen LogP contribution in [0.15, 0.2) is 83.8 Å². The molecule has 212 valence electrons. The fourth-order valence-electron chi connectivity index (χ4n) is 4.21. The molecule has 0 unspecified atom stereocenters. The molecule has 1 heterocycles. The highest BCUT2D eigenvalue weighted by atomic mass is 35.5. The molecule has 0 saturated carbocycles. The van der Waals surface area contributed by atoms with E-state index in [0.29, 0.717) is 37.1 Å². The van der Waals surface area contributed by atoms with E-state index in [2.05, 4.69) is 5.32 Å². The molecule has 0 spiro atoms. The second kappa shape index (κ2) is 13.8. The Morgan fingerprint density at radius 3 is 2.33 bits per heavy atom. The van der Waals surface area contributed by atoms with E-state index in [1.807, 2.05) is 48.5 Å². The summed E-state index contributed by atoms with van der Waals surface area (Å²) in [7, 11) is -3.64. The minimum absolute atomic E-state index is 0.141. The van der Waals surface area contributed by atoms with Gasteiger partial charge >= 0.3 is 0 Å². The van der Waals surface area contributed by atoms with Crippen molar-refractivity contribution in [1.29, 1.82) is 0 Å². The van der Waals surface area contributed by atoms with Crippen LogP contribution in [-0.2, 0) is 37.4 Å². The second-order valence-corrected chi connectivity index (χ2v) is 11.6. The molecule has 3 aromatic rings. The van der Waals surface area contributed by atoms with E-state index >= 15 is 0 Å². The summed E-state index contributed by atoms with van der Waals surface area (Å²) >= 11 is 6.21. The number of nitrogens with zero attached hydrogens (tertiary/aromatic N) is 2. The Morgan fingerprint density at radius 1 is 1.00 bits per heavy atom. The highest BCUT2D eigenvalue weighted by Crippen LogP contribution is 2.21. The normalized spacial score (nSPS) is 14.8. The first-order chi connectivity index (χ1) is 19.3. The lowest BCUT2D eigenvalue weighted by atomic mass is 10.1. The topological polar surface area (TPSA) is 105 Å². The summed E-state index contributed by atoms with van der Waals surface area (Å²) in [6, 6.07) is 21.7. The molecular formula is C29H32ClN3O6S. The molecule has 9 nitrogen and oxygen atoms in total. The number of ether oxygens (including phenoxy) is 2. The van der Waals surface area contributed by atoms with Crippen molar-refractivity contribution in [2.24, 2.45) is 0 Å². The molecule has 3 aromatic carbocycles. The third kappa shape index (κ3) is 7.60. The van der Waals surface area contributed by atoms with Crippen molar-refractivity contribution in [1.82, 2.24) is 14.5 Å². The number of carbonyl (C=O) groups excluding carboxylic acids is 2. The van der Waals surface area contributed by atoms with E-state index in [-0.39, 0.29) is 30.5 Å². The molecule has 1 atom stereocenters. The Morgan fingerprint density at radius 2 is 1.65 bits per heavy atom. The molecule has 2 amide bonds. The van der Waals surface area contributed by atoms with Gasteiger partial charge in [0.15, 0.2) is 6.61 Å². The molecule has 1 saturated heterocycles. The molecule has 0 bridgehead atoms. The van der Waals surface area contributed by atoms with E-state index in [1.165, 1.54) is 33.5 Å². The van der Waals surface area contributed by atoms with Crippen molar-refractivity contribution in [2.45, 2.75) is 31.0 Å². The van der Waals surface area contributed by atoms with Gasteiger partial charge < -0.3 is 19.7 Å². The number of halogens is 1. The van der Waals surface area contributed by atoms with E-state index in [0.717, 1.165) is 11.1 Å². The lowest BCUT2D eigenvalue weighted by Gasteiger charge is -2.29. The average molecular weight is 586 g/mol. The fraction of sp³-hybridized carbons (Fsp3) is 0.310. The Kier molecular flexibility index (Phi) is 10.2. The van der Waals surface area contributed by atoms with Crippen LogP contribution < -0.4 is 10.1 Å². The first-order valence-corrected chi connectivity index (χ1v) is 14.7. The highest BCUT2D eigenvalue weighted by molar-refractivity contribution is 7.89. The number of nitrogens with one attached hydrogen (secondary N) is 1. The Labute approximate surface area is 239 Å². The number of morpholine rings is 1. The predicted molar refractivity (Wildman–Crippen MR) is 151 cm³/mol. The zero-order valence-electron chi connectivity index (χ0n) is 22.2. The van der Waals surface area contributed by atoms with Gasteiger partial charge in [0.2, 0.25) is 15.9 Å². The molecule has 4 rings (SSSR count). The van der Waals surface area contributed by atoms with Crippen molar-refractivity contribution in [2.75, 3.05) is 32.9 Å². The smallest absolute Gasteiger partial charge is 0.261 e. The van der Waals surface area contributed by atoms with Crippen molar-refractivity contribution >= 4 is 33.4 Å². The second-order valence-electron chi connectivity index (χ2n) is 9.27. The first-order valence-electron chi connectivity index (χ1n) is 12.9. The maximum Gasteiger partial charge on any atom is 0.261 e. The van der Waals surface area contributed by atoms with E-state index in [1.54, 1.807) is 13.0 Å². The largest absolute Gasteiger partial charge is 0.484 e. The van der Waals surface area contributed by atoms with Gasteiger partial charge in [0, 0.05) is 31.2 Å². The summed E-state index contributed by atoms with van der Waals surface area (Å²) in [4.78, 5) is 27.9. The number of benzene rings is 3.